The van der Waals surface area contributed by atoms with Crippen molar-refractivity contribution in [2.24, 2.45) is 0 Å². The first-order valence-corrected chi connectivity index (χ1v) is 8.04. The van der Waals surface area contributed by atoms with Gasteiger partial charge in [0.15, 0.2) is 0 Å². The van der Waals surface area contributed by atoms with Crippen LogP contribution in [0.5, 0.6) is 5.75 Å². The number of benzene rings is 1. The summed E-state index contributed by atoms with van der Waals surface area (Å²) >= 11 is 0. The van der Waals surface area contributed by atoms with E-state index in [2.05, 4.69) is 4.72 Å². The van der Waals surface area contributed by atoms with Crippen molar-refractivity contribution in [3.63, 3.8) is 0 Å². The summed E-state index contributed by atoms with van der Waals surface area (Å²) in [5, 5.41) is -0.432. The number of sulfonamides is 1. The molecule has 0 aromatic heterocycles. The molecular weight excluding hydrogens is 262 g/mol. The van der Waals surface area contributed by atoms with Crippen LogP contribution in [0.25, 0.3) is 0 Å². The molecule has 0 aliphatic rings. The van der Waals surface area contributed by atoms with Gasteiger partial charge in [-0.05, 0) is 52.3 Å². The van der Waals surface area contributed by atoms with E-state index >= 15 is 0 Å². The van der Waals surface area contributed by atoms with Crippen molar-refractivity contribution < 1.29 is 13.2 Å². The molecule has 0 radical (unpaired) electrons. The van der Waals surface area contributed by atoms with Crippen LogP contribution in [0.4, 0.5) is 0 Å². The lowest BCUT2D eigenvalue weighted by molar-refractivity contribution is 0.242. The Morgan fingerprint density at radius 2 is 1.53 bits per heavy atom. The Hall–Kier alpha value is -1.07. The van der Waals surface area contributed by atoms with E-state index < -0.39 is 15.3 Å². The minimum Gasteiger partial charge on any atom is -0.491 e. The quantitative estimate of drug-likeness (QED) is 0.874. The first-order chi connectivity index (χ1) is 8.72. The third-order valence-corrected chi connectivity index (χ3v) is 4.64. The van der Waals surface area contributed by atoms with Crippen LogP contribution in [0.1, 0.15) is 46.2 Å². The van der Waals surface area contributed by atoms with Gasteiger partial charge in [0.25, 0.3) is 0 Å². The molecule has 0 spiro atoms. The van der Waals surface area contributed by atoms with E-state index in [0.717, 1.165) is 11.3 Å². The van der Waals surface area contributed by atoms with Crippen molar-refractivity contribution in [3.8, 4) is 5.75 Å². The topological polar surface area (TPSA) is 55.4 Å². The van der Waals surface area contributed by atoms with E-state index in [9.17, 15) is 8.42 Å². The van der Waals surface area contributed by atoms with Gasteiger partial charge in [0.05, 0.1) is 11.4 Å². The fraction of sp³-hybridized carbons (Fsp3) is 0.571. The minimum atomic E-state index is -3.26. The predicted octanol–water partition coefficient (Wildman–Crippen LogP) is 2.86. The van der Waals surface area contributed by atoms with E-state index in [0.29, 0.717) is 0 Å². The second kappa shape index (κ2) is 6.39. The zero-order chi connectivity index (χ0) is 14.6. The van der Waals surface area contributed by atoms with Crippen molar-refractivity contribution >= 4 is 10.0 Å². The van der Waals surface area contributed by atoms with Gasteiger partial charge in [-0.3, -0.25) is 0 Å². The Balaban J connectivity index is 2.76. The summed E-state index contributed by atoms with van der Waals surface area (Å²) in [7, 11) is -3.26. The van der Waals surface area contributed by atoms with Gasteiger partial charge in [-0.25, -0.2) is 13.1 Å². The molecule has 0 saturated heterocycles. The van der Waals surface area contributed by atoms with Gasteiger partial charge in [0.1, 0.15) is 5.75 Å². The van der Waals surface area contributed by atoms with Crippen LogP contribution in [-0.2, 0) is 10.0 Å². The monoisotopic (exact) mass is 285 g/mol. The summed E-state index contributed by atoms with van der Waals surface area (Å²) < 4.78 is 31.8. The molecule has 1 aromatic rings. The largest absolute Gasteiger partial charge is 0.491 e. The van der Waals surface area contributed by atoms with Gasteiger partial charge in [0.2, 0.25) is 10.0 Å². The molecule has 1 unspecified atom stereocenters. The highest BCUT2D eigenvalue weighted by atomic mass is 32.2. The molecule has 0 fully saturated rings. The molecule has 1 N–H and O–H groups in total. The number of rotatable bonds is 6. The van der Waals surface area contributed by atoms with E-state index in [-0.39, 0.29) is 12.1 Å². The van der Waals surface area contributed by atoms with Crippen LogP contribution in [0, 0.1) is 0 Å². The van der Waals surface area contributed by atoms with Crippen LogP contribution < -0.4 is 9.46 Å². The lowest BCUT2D eigenvalue weighted by atomic mass is 10.1. The number of ether oxygens (including phenoxy) is 1. The lowest BCUT2D eigenvalue weighted by Crippen LogP contribution is -2.32. The molecule has 1 rings (SSSR count). The minimum absolute atomic E-state index is 0.128. The molecule has 0 amide bonds. The molecule has 0 heterocycles. The number of hydrogen-bond donors (Lipinski definition) is 1. The molecule has 0 aliphatic carbocycles. The van der Waals surface area contributed by atoms with Crippen molar-refractivity contribution in [3.05, 3.63) is 29.8 Å². The first kappa shape index (κ1) is 16.0. The van der Waals surface area contributed by atoms with Gasteiger partial charge in [-0.1, -0.05) is 12.1 Å². The zero-order valence-electron chi connectivity index (χ0n) is 12.2. The summed E-state index contributed by atoms with van der Waals surface area (Å²) in [6.45, 7) is 9.09. The van der Waals surface area contributed by atoms with Crippen molar-refractivity contribution in [2.75, 3.05) is 0 Å². The molecule has 1 aromatic carbocycles. The highest BCUT2D eigenvalue weighted by Gasteiger charge is 2.19. The second-order valence-electron chi connectivity index (χ2n) is 5.17. The molecule has 5 heteroatoms. The van der Waals surface area contributed by atoms with E-state index in [4.69, 9.17) is 4.74 Å². The van der Waals surface area contributed by atoms with Gasteiger partial charge in [-0.2, -0.15) is 0 Å². The molecule has 19 heavy (non-hydrogen) atoms. The van der Waals surface area contributed by atoms with Crippen molar-refractivity contribution in [1.29, 1.82) is 0 Å². The van der Waals surface area contributed by atoms with Crippen LogP contribution >= 0.6 is 0 Å². The lowest BCUT2D eigenvalue weighted by Gasteiger charge is -2.17. The number of nitrogens with one attached hydrogen (secondary N) is 1. The SMILES string of the molecule is CC(C)Oc1ccc(C(C)NS(=O)(=O)C(C)C)cc1. The standard InChI is InChI=1S/C14H23NO3S/c1-10(2)18-14-8-6-13(7-9-14)12(5)15-19(16,17)11(3)4/h6-12,15H,1-5H3. The van der Waals surface area contributed by atoms with Crippen LogP contribution in [0.2, 0.25) is 0 Å². The number of hydrogen-bond acceptors (Lipinski definition) is 3. The highest BCUT2D eigenvalue weighted by Crippen LogP contribution is 2.19. The van der Waals surface area contributed by atoms with E-state index in [1.807, 2.05) is 45.0 Å². The maximum absolute atomic E-state index is 11.8. The third-order valence-electron chi connectivity index (χ3n) is 2.71. The molecule has 108 valence electrons. The summed E-state index contributed by atoms with van der Waals surface area (Å²) in [6, 6.07) is 7.22. The zero-order valence-corrected chi connectivity index (χ0v) is 13.0. The molecule has 0 saturated carbocycles. The van der Waals surface area contributed by atoms with Gasteiger partial charge < -0.3 is 4.74 Å². The summed E-state index contributed by atoms with van der Waals surface area (Å²) in [5.41, 5.74) is 0.917. The fourth-order valence-corrected chi connectivity index (χ4v) is 2.46. The first-order valence-electron chi connectivity index (χ1n) is 6.50. The maximum Gasteiger partial charge on any atom is 0.214 e. The third kappa shape index (κ3) is 4.84. The summed E-state index contributed by atoms with van der Waals surface area (Å²) in [6.07, 6.45) is 0.128. The molecule has 0 bridgehead atoms. The maximum atomic E-state index is 11.8. The molecular formula is C14H23NO3S. The van der Waals surface area contributed by atoms with E-state index in [1.54, 1.807) is 13.8 Å². The highest BCUT2D eigenvalue weighted by molar-refractivity contribution is 7.90. The Kier molecular flexibility index (Phi) is 5.38. The van der Waals surface area contributed by atoms with Crippen LogP contribution in [-0.4, -0.2) is 19.8 Å². The Labute approximate surface area is 116 Å². The van der Waals surface area contributed by atoms with Crippen molar-refractivity contribution in [1.82, 2.24) is 4.72 Å². The Morgan fingerprint density at radius 3 is 1.95 bits per heavy atom. The average Bonchev–Trinajstić information content (AvgIpc) is 2.28. The average molecular weight is 285 g/mol. The Morgan fingerprint density at radius 1 is 1.00 bits per heavy atom. The summed E-state index contributed by atoms with van der Waals surface area (Å²) in [4.78, 5) is 0. The van der Waals surface area contributed by atoms with Crippen LogP contribution in [0.3, 0.4) is 0 Å². The molecule has 1 atom stereocenters. The normalized spacial score (nSPS) is 13.8. The second-order valence-corrected chi connectivity index (χ2v) is 7.44. The van der Waals surface area contributed by atoms with Gasteiger partial charge in [-0.15, -0.1) is 0 Å². The van der Waals surface area contributed by atoms with Gasteiger partial charge >= 0.3 is 0 Å². The molecule has 0 aliphatic heterocycles. The molecule has 4 nitrogen and oxygen atoms in total. The van der Waals surface area contributed by atoms with E-state index in [1.165, 1.54) is 0 Å². The fourth-order valence-electron chi connectivity index (χ4n) is 1.56. The van der Waals surface area contributed by atoms with Crippen LogP contribution in [0.15, 0.2) is 24.3 Å². The van der Waals surface area contributed by atoms with Crippen molar-refractivity contribution in [2.45, 2.75) is 52.0 Å². The summed E-state index contributed by atoms with van der Waals surface area (Å²) in [5.74, 6) is 0.790. The van der Waals surface area contributed by atoms with Gasteiger partial charge in [0, 0.05) is 6.04 Å². The Bertz CT molecular complexity index is 492. The smallest absolute Gasteiger partial charge is 0.214 e. The predicted molar refractivity (Wildman–Crippen MR) is 77.8 cm³/mol.